The maximum Gasteiger partial charge on any atom is 0.306 e. The Morgan fingerprint density at radius 2 is 2.00 bits per heavy atom. The van der Waals surface area contributed by atoms with E-state index in [1.54, 1.807) is 12.1 Å². The van der Waals surface area contributed by atoms with Crippen LogP contribution in [-0.2, 0) is 22.6 Å². The molecule has 0 bridgehead atoms. The van der Waals surface area contributed by atoms with Crippen molar-refractivity contribution in [1.29, 1.82) is 0 Å². The summed E-state index contributed by atoms with van der Waals surface area (Å²) < 4.78 is 11.4. The zero-order valence-electron chi connectivity index (χ0n) is 13.1. The lowest BCUT2D eigenvalue weighted by Crippen LogP contribution is -2.06. The van der Waals surface area contributed by atoms with Crippen LogP contribution in [0.15, 0.2) is 57.5 Å². The number of esters is 1. The fraction of sp³-hybridized carbons (Fsp3) is 0.167. The van der Waals surface area contributed by atoms with Crippen LogP contribution in [0.2, 0.25) is 5.02 Å². The van der Waals surface area contributed by atoms with Crippen LogP contribution in [-0.4, -0.2) is 16.1 Å². The summed E-state index contributed by atoms with van der Waals surface area (Å²) in [5.74, 6) is 0.546. The Kier molecular flexibility index (Phi) is 5.83. The second-order valence-electron chi connectivity index (χ2n) is 5.31. The minimum atomic E-state index is -0.314. The molecule has 0 saturated heterocycles. The van der Waals surface area contributed by atoms with Crippen molar-refractivity contribution < 1.29 is 14.1 Å². The van der Waals surface area contributed by atoms with Gasteiger partial charge in [-0.2, -0.15) is 4.98 Å². The van der Waals surface area contributed by atoms with Gasteiger partial charge in [-0.25, -0.2) is 0 Å². The monoisotopic (exact) mass is 420 g/mol. The first kappa shape index (κ1) is 17.6. The molecule has 1 heterocycles. The first-order valence-electron chi connectivity index (χ1n) is 7.59. The number of hydrogen-bond acceptors (Lipinski definition) is 5. The van der Waals surface area contributed by atoms with Crippen LogP contribution in [0, 0.1) is 0 Å². The number of rotatable bonds is 6. The summed E-state index contributed by atoms with van der Waals surface area (Å²) in [6.45, 7) is 0.234. The van der Waals surface area contributed by atoms with Crippen LogP contribution in [0.4, 0.5) is 0 Å². The highest BCUT2D eigenvalue weighted by Gasteiger charge is 2.11. The zero-order valence-corrected chi connectivity index (χ0v) is 15.5. The van der Waals surface area contributed by atoms with E-state index in [9.17, 15) is 4.79 Å². The van der Waals surface area contributed by atoms with E-state index < -0.39 is 0 Å². The number of aromatic nitrogens is 2. The van der Waals surface area contributed by atoms with Crippen LogP contribution in [0.5, 0.6) is 0 Å². The van der Waals surface area contributed by atoms with Crippen molar-refractivity contribution in [1.82, 2.24) is 10.1 Å². The van der Waals surface area contributed by atoms with Gasteiger partial charge in [0.1, 0.15) is 6.61 Å². The molecular formula is C18H14BrClN2O3. The lowest BCUT2D eigenvalue weighted by molar-refractivity contribution is -0.145. The number of carbonyl (C=O) groups is 1. The molecule has 1 aromatic heterocycles. The van der Waals surface area contributed by atoms with Crippen LogP contribution in [0.1, 0.15) is 17.9 Å². The van der Waals surface area contributed by atoms with E-state index in [-0.39, 0.29) is 19.0 Å². The molecule has 0 amide bonds. The van der Waals surface area contributed by atoms with Crippen LogP contribution >= 0.6 is 27.5 Å². The molecule has 3 aromatic rings. The Bertz CT molecular complexity index is 865. The summed E-state index contributed by atoms with van der Waals surface area (Å²) in [6.07, 6.45) is 0.508. The molecule has 0 fully saturated rings. The smallest absolute Gasteiger partial charge is 0.306 e. The SMILES string of the molecule is O=C(CCc1nc(-c2ccc(Cl)cc2)no1)OCc1cccc(Br)c1. The standard InChI is InChI=1S/C18H14BrClN2O3/c19-14-3-1-2-12(10-14)11-24-17(23)9-8-16-21-18(22-25-16)13-4-6-15(20)7-5-13/h1-7,10H,8-9,11H2. The van der Waals surface area contributed by atoms with Crippen LogP contribution < -0.4 is 0 Å². The molecule has 7 heteroatoms. The lowest BCUT2D eigenvalue weighted by atomic mass is 10.2. The maximum atomic E-state index is 11.9. The quantitative estimate of drug-likeness (QED) is 0.533. The number of hydrogen-bond donors (Lipinski definition) is 0. The molecule has 0 unspecified atom stereocenters. The Labute approximate surface area is 158 Å². The van der Waals surface area contributed by atoms with Gasteiger partial charge in [0.2, 0.25) is 11.7 Å². The van der Waals surface area contributed by atoms with Crippen molar-refractivity contribution in [2.24, 2.45) is 0 Å². The van der Waals surface area contributed by atoms with Crippen molar-refractivity contribution in [2.75, 3.05) is 0 Å². The third kappa shape index (κ3) is 5.14. The van der Waals surface area contributed by atoms with E-state index in [1.807, 2.05) is 36.4 Å². The largest absolute Gasteiger partial charge is 0.461 e. The number of benzene rings is 2. The van der Waals surface area contributed by atoms with Crippen molar-refractivity contribution >= 4 is 33.5 Å². The molecule has 0 aliphatic rings. The Hall–Kier alpha value is -2.18. The van der Waals surface area contributed by atoms with Gasteiger partial charge in [-0.1, -0.05) is 44.8 Å². The fourth-order valence-electron chi connectivity index (χ4n) is 2.14. The van der Waals surface area contributed by atoms with E-state index in [0.717, 1.165) is 15.6 Å². The van der Waals surface area contributed by atoms with Gasteiger partial charge in [0.05, 0.1) is 6.42 Å². The molecule has 25 heavy (non-hydrogen) atoms. The number of halogens is 2. The van der Waals surface area contributed by atoms with E-state index in [1.165, 1.54) is 0 Å². The molecule has 0 aliphatic heterocycles. The first-order valence-corrected chi connectivity index (χ1v) is 8.76. The number of ether oxygens (including phenoxy) is 1. The number of nitrogens with zero attached hydrogens (tertiary/aromatic N) is 2. The highest BCUT2D eigenvalue weighted by Crippen LogP contribution is 2.19. The third-order valence-corrected chi connectivity index (χ3v) is 4.15. The van der Waals surface area contributed by atoms with Crippen molar-refractivity contribution in [2.45, 2.75) is 19.4 Å². The minimum absolute atomic E-state index is 0.177. The molecule has 0 saturated carbocycles. The van der Waals surface area contributed by atoms with Gasteiger partial charge in [0.15, 0.2) is 0 Å². The van der Waals surface area contributed by atoms with E-state index >= 15 is 0 Å². The third-order valence-electron chi connectivity index (χ3n) is 3.40. The molecule has 0 radical (unpaired) electrons. The maximum absolute atomic E-state index is 11.9. The summed E-state index contributed by atoms with van der Waals surface area (Å²) in [7, 11) is 0. The predicted octanol–water partition coefficient (Wildman–Crippen LogP) is 4.83. The van der Waals surface area contributed by atoms with Gasteiger partial charge in [-0.15, -0.1) is 0 Å². The second kappa shape index (κ2) is 8.27. The van der Waals surface area contributed by atoms with Crippen LogP contribution in [0.3, 0.4) is 0 Å². The van der Waals surface area contributed by atoms with E-state index in [0.29, 0.717) is 23.2 Å². The second-order valence-corrected chi connectivity index (χ2v) is 6.66. The number of carbonyl (C=O) groups excluding carboxylic acids is 1. The summed E-state index contributed by atoms with van der Waals surface area (Å²) in [5, 5.41) is 4.55. The van der Waals surface area contributed by atoms with Gasteiger partial charge in [-0.3, -0.25) is 4.79 Å². The molecule has 3 rings (SSSR count). The molecule has 0 spiro atoms. The van der Waals surface area contributed by atoms with Crippen molar-refractivity contribution in [3.8, 4) is 11.4 Å². The van der Waals surface area contributed by atoms with Gasteiger partial charge in [0, 0.05) is 21.5 Å². The highest BCUT2D eigenvalue weighted by molar-refractivity contribution is 9.10. The Balaban J connectivity index is 1.50. The normalized spacial score (nSPS) is 10.6. The highest BCUT2D eigenvalue weighted by atomic mass is 79.9. The molecule has 0 aliphatic carbocycles. The van der Waals surface area contributed by atoms with Gasteiger partial charge in [0.25, 0.3) is 0 Å². The van der Waals surface area contributed by atoms with Crippen molar-refractivity contribution in [3.63, 3.8) is 0 Å². The molecular weight excluding hydrogens is 408 g/mol. The summed E-state index contributed by atoms with van der Waals surface area (Å²) >= 11 is 9.23. The fourth-order valence-corrected chi connectivity index (χ4v) is 2.72. The molecule has 2 aromatic carbocycles. The molecule has 0 N–H and O–H groups in total. The average molecular weight is 422 g/mol. The zero-order chi connectivity index (χ0) is 17.6. The van der Waals surface area contributed by atoms with Crippen LogP contribution in [0.25, 0.3) is 11.4 Å². The molecule has 5 nitrogen and oxygen atoms in total. The first-order chi connectivity index (χ1) is 12.1. The lowest BCUT2D eigenvalue weighted by Gasteiger charge is -2.04. The molecule has 0 atom stereocenters. The van der Waals surface area contributed by atoms with Crippen molar-refractivity contribution in [3.05, 3.63) is 69.5 Å². The summed E-state index contributed by atoms with van der Waals surface area (Å²) in [6, 6.07) is 14.7. The number of aryl methyl sites for hydroxylation is 1. The minimum Gasteiger partial charge on any atom is -0.461 e. The Morgan fingerprint density at radius 3 is 2.76 bits per heavy atom. The Morgan fingerprint density at radius 1 is 1.20 bits per heavy atom. The topological polar surface area (TPSA) is 65.2 Å². The molecule has 128 valence electrons. The average Bonchev–Trinajstić information content (AvgIpc) is 3.08. The van der Waals surface area contributed by atoms with Gasteiger partial charge < -0.3 is 9.26 Å². The van der Waals surface area contributed by atoms with Gasteiger partial charge >= 0.3 is 5.97 Å². The summed E-state index contributed by atoms with van der Waals surface area (Å²) in [5.41, 5.74) is 1.72. The predicted molar refractivity (Wildman–Crippen MR) is 97.0 cm³/mol. The summed E-state index contributed by atoms with van der Waals surface area (Å²) in [4.78, 5) is 16.1. The van der Waals surface area contributed by atoms with E-state index in [2.05, 4.69) is 26.1 Å². The van der Waals surface area contributed by atoms with Gasteiger partial charge in [-0.05, 0) is 42.0 Å². The van der Waals surface area contributed by atoms with E-state index in [4.69, 9.17) is 20.9 Å².